The molecular formula is C22H23F3N4O4. The molecule has 2 aromatic heterocycles. The van der Waals surface area contributed by atoms with Gasteiger partial charge in [-0.2, -0.15) is 8.78 Å². The highest BCUT2D eigenvalue weighted by Gasteiger charge is 2.35. The second-order valence-corrected chi connectivity index (χ2v) is 7.89. The number of benzene rings is 1. The molecule has 1 saturated heterocycles. The van der Waals surface area contributed by atoms with E-state index in [0.29, 0.717) is 30.8 Å². The van der Waals surface area contributed by atoms with Gasteiger partial charge >= 0.3 is 0 Å². The molecule has 1 aliphatic heterocycles. The molecule has 176 valence electrons. The molecule has 0 aliphatic carbocycles. The van der Waals surface area contributed by atoms with Gasteiger partial charge in [0.05, 0.1) is 30.2 Å². The normalized spacial score (nSPS) is 17.3. The molecule has 3 heterocycles. The van der Waals surface area contributed by atoms with Gasteiger partial charge in [-0.15, -0.1) is 0 Å². The molecule has 33 heavy (non-hydrogen) atoms. The summed E-state index contributed by atoms with van der Waals surface area (Å²) in [6, 6.07) is 4.32. The third kappa shape index (κ3) is 4.64. The fourth-order valence-electron chi connectivity index (χ4n) is 3.70. The minimum Gasteiger partial charge on any atom is -0.482 e. The molecule has 1 fully saturated rings. The van der Waals surface area contributed by atoms with Gasteiger partial charge in [0.1, 0.15) is 35.8 Å². The molecule has 4 rings (SSSR count). The maximum Gasteiger partial charge on any atom is 0.298 e. The Balaban J connectivity index is 1.71. The van der Waals surface area contributed by atoms with Crippen molar-refractivity contribution in [1.82, 2.24) is 15.0 Å². The predicted molar refractivity (Wildman–Crippen MR) is 114 cm³/mol. The fraction of sp³-hybridized carbons (Fsp3) is 0.409. The molecule has 1 aromatic carbocycles. The lowest BCUT2D eigenvalue weighted by molar-refractivity contribution is -0.0583. The quantitative estimate of drug-likeness (QED) is 0.493. The Kier molecular flexibility index (Phi) is 6.26. The van der Waals surface area contributed by atoms with Crippen LogP contribution in [0.4, 0.5) is 19.0 Å². The first-order chi connectivity index (χ1) is 15.7. The van der Waals surface area contributed by atoms with E-state index in [1.54, 1.807) is 13.8 Å². The van der Waals surface area contributed by atoms with Crippen molar-refractivity contribution in [2.75, 3.05) is 25.1 Å². The second-order valence-electron chi connectivity index (χ2n) is 7.89. The van der Waals surface area contributed by atoms with Crippen LogP contribution in [-0.2, 0) is 10.7 Å². The first-order valence-electron chi connectivity index (χ1n) is 10.4. The Bertz CT molecular complexity index is 1230. The number of pyridine rings is 1. The van der Waals surface area contributed by atoms with Crippen molar-refractivity contribution in [3.05, 3.63) is 57.4 Å². The molecule has 8 nitrogen and oxygen atoms in total. The summed E-state index contributed by atoms with van der Waals surface area (Å²) in [7, 11) is 0. The van der Waals surface area contributed by atoms with Gasteiger partial charge in [0, 0.05) is 18.1 Å². The number of ether oxygens (including phenoxy) is 2. The zero-order valence-corrected chi connectivity index (χ0v) is 18.0. The Hall–Kier alpha value is -3.18. The van der Waals surface area contributed by atoms with E-state index in [0.717, 1.165) is 6.07 Å². The van der Waals surface area contributed by atoms with Gasteiger partial charge in [0.25, 0.3) is 11.5 Å². The van der Waals surface area contributed by atoms with Crippen LogP contribution in [0.3, 0.4) is 0 Å². The minimum atomic E-state index is -3.71. The van der Waals surface area contributed by atoms with E-state index in [2.05, 4.69) is 20.3 Å². The van der Waals surface area contributed by atoms with E-state index in [1.165, 1.54) is 18.2 Å². The molecular weight excluding hydrogens is 441 g/mol. The van der Waals surface area contributed by atoms with Gasteiger partial charge in [-0.3, -0.25) is 4.79 Å². The van der Waals surface area contributed by atoms with Crippen LogP contribution in [0.2, 0.25) is 0 Å². The number of rotatable bonds is 7. The second kappa shape index (κ2) is 8.99. The summed E-state index contributed by atoms with van der Waals surface area (Å²) >= 11 is 0. The number of nitrogens with one attached hydrogen (secondary N) is 2. The van der Waals surface area contributed by atoms with Crippen molar-refractivity contribution < 1.29 is 27.8 Å². The topological polar surface area (TPSA) is 109 Å². The van der Waals surface area contributed by atoms with E-state index >= 15 is 0 Å². The van der Waals surface area contributed by atoms with Crippen LogP contribution in [0.1, 0.15) is 36.3 Å². The molecule has 11 heteroatoms. The standard InChI is InChI=1S/C22H23F3N4O4/c1-11(14-4-3-5-16(18(14)23)22(24,25)10-30)26-19-15-8-17(33-13-6-7-32-9-13)21(31)29-20(15)28-12(2)27-19/h3-5,8,11,13,30H,6-7,9-10H2,1-2H3,(H2,26,27,28,29,31)/t11-,13+/m1/s1. The smallest absolute Gasteiger partial charge is 0.298 e. The van der Waals surface area contributed by atoms with Crippen molar-refractivity contribution in [2.45, 2.75) is 38.3 Å². The first kappa shape index (κ1) is 23.0. The summed E-state index contributed by atoms with van der Waals surface area (Å²) in [5.74, 6) is -4.16. The lowest BCUT2D eigenvalue weighted by Crippen LogP contribution is -2.22. The number of aliphatic hydroxyl groups is 1. The van der Waals surface area contributed by atoms with Crippen LogP contribution >= 0.6 is 0 Å². The lowest BCUT2D eigenvalue weighted by Gasteiger charge is -2.21. The highest BCUT2D eigenvalue weighted by atomic mass is 19.3. The average Bonchev–Trinajstić information content (AvgIpc) is 3.27. The molecule has 0 bridgehead atoms. The van der Waals surface area contributed by atoms with E-state index in [-0.39, 0.29) is 28.9 Å². The zero-order chi connectivity index (χ0) is 23.8. The minimum absolute atomic E-state index is 0.0333. The van der Waals surface area contributed by atoms with E-state index in [4.69, 9.17) is 14.6 Å². The third-order valence-corrected chi connectivity index (χ3v) is 5.41. The number of alkyl halides is 2. The molecule has 0 saturated carbocycles. The van der Waals surface area contributed by atoms with Crippen LogP contribution in [0, 0.1) is 12.7 Å². The molecule has 0 spiro atoms. The molecule has 0 radical (unpaired) electrons. The SMILES string of the molecule is Cc1nc(N[C@H](C)c2cccc(C(F)(F)CO)c2F)c2cc(O[C@H]3CCOC3)c(=O)[nH]c2n1. The maximum absolute atomic E-state index is 14.9. The van der Waals surface area contributed by atoms with Crippen molar-refractivity contribution in [3.63, 3.8) is 0 Å². The number of hydrogen-bond acceptors (Lipinski definition) is 7. The number of fused-ring (bicyclic) bond motifs is 1. The number of aromatic amines is 1. The van der Waals surface area contributed by atoms with Crippen LogP contribution in [0.5, 0.6) is 5.75 Å². The summed E-state index contributed by atoms with van der Waals surface area (Å²) in [5, 5.41) is 12.4. The van der Waals surface area contributed by atoms with Gasteiger partial charge in [-0.05, 0) is 19.9 Å². The Morgan fingerprint density at radius 2 is 2.18 bits per heavy atom. The predicted octanol–water partition coefficient (Wildman–Crippen LogP) is 3.19. The van der Waals surface area contributed by atoms with Crippen LogP contribution in [0.25, 0.3) is 11.0 Å². The van der Waals surface area contributed by atoms with Crippen LogP contribution in [-0.4, -0.2) is 46.0 Å². The van der Waals surface area contributed by atoms with Gasteiger partial charge in [0.15, 0.2) is 5.75 Å². The van der Waals surface area contributed by atoms with E-state index < -0.39 is 35.5 Å². The summed E-state index contributed by atoms with van der Waals surface area (Å²) in [4.78, 5) is 23.7. The number of aliphatic hydroxyl groups excluding tert-OH is 1. The Labute approximate surface area is 186 Å². The largest absolute Gasteiger partial charge is 0.482 e. The maximum atomic E-state index is 14.9. The number of H-pyrrole nitrogens is 1. The third-order valence-electron chi connectivity index (χ3n) is 5.41. The summed E-state index contributed by atoms with van der Waals surface area (Å²) < 4.78 is 53.8. The monoisotopic (exact) mass is 464 g/mol. The van der Waals surface area contributed by atoms with E-state index in [1.807, 2.05) is 0 Å². The summed E-state index contributed by atoms with van der Waals surface area (Å²) in [6.45, 7) is 2.62. The summed E-state index contributed by atoms with van der Waals surface area (Å²) in [5.41, 5.74) is -1.14. The number of nitrogens with zero attached hydrogens (tertiary/aromatic N) is 2. The molecule has 2 atom stereocenters. The number of anilines is 1. The van der Waals surface area contributed by atoms with Crippen LogP contribution in [0.15, 0.2) is 29.1 Å². The Morgan fingerprint density at radius 1 is 1.39 bits per heavy atom. The highest BCUT2D eigenvalue weighted by molar-refractivity contribution is 5.87. The van der Waals surface area contributed by atoms with E-state index in [9.17, 15) is 18.0 Å². The van der Waals surface area contributed by atoms with Crippen molar-refractivity contribution >= 4 is 16.9 Å². The zero-order valence-electron chi connectivity index (χ0n) is 18.0. The number of hydrogen-bond donors (Lipinski definition) is 3. The summed E-state index contributed by atoms with van der Waals surface area (Å²) in [6.07, 6.45) is 0.397. The van der Waals surface area contributed by atoms with Gasteiger partial charge in [-0.25, -0.2) is 14.4 Å². The number of aromatic nitrogens is 3. The molecule has 3 aromatic rings. The fourth-order valence-corrected chi connectivity index (χ4v) is 3.70. The van der Waals surface area contributed by atoms with Gasteiger partial charge in [-0.1, -0.05) is 12.1 Å². The number of aryl methyl sites for hydroxylation is 1. The van der Waals surface area contributed by atoms with Crippen molar-refractivity contribution in [1.29, 1.82) is 0 Å². The molecule has 0 amide bonds. The average molecular weight is 464 g/mol. The molecule has 3 N–H and O–H groups in total. The molecule has 0 unspecified atom stereocenters. The first-order valence-corrected chi connectivity index (χ1v) is 10.4. The van der Waals surface area contributed by atoms with Crippen molar-refractivity contribution in [2.24, 2.45) is 0 Å². The molecule has 1 aliphatic rings. The van der Waals surface area contributed by atoms with Crippen molar-refractivity contribution in [3.8, 4) is 5.75 Å². The lowest BCUT2D eigenvalue weighted by atomic mass is 10.0. The highest BCUT2D eigenvalue weighted by Crippen LogP contribution is 2.34. The van der Waals surface area contributed by atoms with Crippen LogP contribution < -0.4 is 15.6 Å². The van der Waals surface area contributed by atoms with Gasteiger partial charge in [0.2, 0.25) is 0 Å². The number of halogens is 3. The van der Waals surface area contributed by atoms with Gasteiger partial charge < -0.3 is 24.9 Å². The Morgan fingerprint density at radius 3 is 2.88 bits per heavy atom.